The van der Waals surface area contributed by atoms with E-state index in [0.29, 0.717) is 4.90 Å². The van der Waals surface area contributed by atoms with Crippen LogP contribution >= 0.6 is 11.8 Å². The lowest BCUT2D eigenvalue weighted by molar-refractivity contribution is -0.274. The largest absolute Gasteiger partial charge is 0.573 e. The SMILES string of the molecule is CS(=O)(=O)Nc1ccc(S(N)(=O)=O)cc1Sc1ccc(OC(F)(F)F)cc1. The van der Waals surface area contributed by atoms with Gasteiger partial charge in [-0.25, -0.2) is 22.0 Å². The number of ether oxygens (including phenoxy) is 1. The number of hydrogen-bond acceptors (Lipinski definition) is 6. The zero-order valence-corrected chi connectivity index (χ0v) is 16.0. The van der Waals surface area contributed by atoms with Crippen LogP contribution in [0.15, 0.2) is 57.2 Å². The van der Waals surface area contributed by atoms with Gasteiger partial charge in [0, 0.05) is 9.79 Å². The standard InChI is InChI=1S/C14H13F3N2O5S3/c1-26(20,21)19-12-7-6-11(27(18,22)23)8-13(12)25-10-4-2-9(3-5-10)24-14(15,16)17/h2-8,19H,1H3,(H2,18,22,23). The average molecular weight is 442 g/mol. The van der Waals surface area contributed by atoms with Crippen molar-refractivity contribution in [1.82, 2.24) is 0 Å². The maximum Gasteiger partial charge on any atom is 0.573 e. The van der Waals surface area contributed by atoms with Crippen LogP contribution in [0.4, 0.5) is 18.9 Å². The molecule has 27 heavy (non-hydrogen) atoms. The quantitative estimate of drug-likeness (QED) is 0.711. The molecule has 0 fully saturated rings. The minimum Gasteiger partial charge on any atom is -0.406 e. The van der Waals surface area contributed by atoms with Gasteiger partial charge in [-0.15, -0.1) is 13.2 Å². The van der Waals surface area contributed by atoms with Crippen LogP contribution in [0.2, 0.25) is 0 Å². The molecule has 0 aliphatic carbocycles. The molecule has 148 valence electrons. The molecule has 0 aliphatic heterocycles. The van der Waals surface area contributed by atoms with Gasteiger partial charge in [-0.1, -0.05) is 11.8 Å². The third-order valence-corrected chi connectivity index (χ3v) is 5.43. The zero-order chi connectivity index (χ0) is 20.5. The first kappa shape index (κ1) is 21.3. The van der Waals surface area contributed by atoms with E-state index in [1.54, 1.807) is 0 Å². The lowest BCUT2D eigenvalue weighted by atomic mass is 10.3. The smallest absolute Gasteiger partial charge is 0.406 e. The Labute approximate surface area is 157 Å². The Hall–Kier alpha value is -1.96. The zero-order valence-electron chi connectivity index (χ0n) is 13.5. The van der Waals surface area contributed by atoms with Crippen LogP contribution in [0, 0.1) is 0 Å². The fourth-order valence-electron chi connectivity index (χ4n) is 1.88. The third-order valence-electron chi connectivity index (χ3n) is 2.86. The van der Waals surface area contributed by atoms with Crippen molar-refractivity contribution in [2.45, 2.75) is 21.0 Å². The summed E-state index contributed by atoms with van der Waals surface area (Å²) < 4.78 is 88.6. The van der Waals surface area contributed by atoms with Crippen molar-refractivity contribution in [3.05, 3.63) is 42.5 Å². The molecule has 0 unspecified atom stereocenters. The predicted molar refractivity (Wildman–Crippen MR) is 93.5 cm³/mol. The molecule has 0 saturated carbocycles. The number of sulfonamides is 2. The van der Waals surface area contributed by atoms with Gasteiger partial charge >= 0.3 is 6.36 Å². The van der Waals surface area contributed by atoms with Gasteiger partial charge in [-0.3, -0.25) is 4.72 Å². The summed E-state index contributed by atoms with van der Waals surface area (Å²) in [6, 6.07) is 8.27. The van der Waals surface area contributed by atoms with E-state index in [4.69, 9.17) is 5.14 Å². The minimum atomic E-state index is -4.83. The molecular formula is C14H13F3N2O5S3. The molecule has 2 aromatic carbocycles. The van der Waals surface area contributed by atoms with Crippen LogP contribution in [-0.4, -0.2) is 29.5 Å². The second kappa shape index (κ2) is 7.58. The molecule has 13 heteroatoms. The van der Waals surface area contributed by atoms with Crippen molar-refractivity contribution in [3.8, 4) is 5.75 Å². The molecular weight excluding hydrogens is 429 g/mol. The highest BCUT2D eigenvalue weighted by Crippen LogP contribution is 2.36. The molecule has 0 amide bonds. The van der Waals surface area contributed by atoms with E-state index in [0.717, 1.165) is 42.3 Å². The summed E-state index contributed by atoms with van der Waals surface area (Å²) in [6.45, 7) is 0. The summed E-state index contributed by atoms with van der Waals surface area (Å²) in [5.41, 5.74) is 0.0884. The van der Waals surface area contributed by atoms with Crippen LogP contribution in [-0.2, 0) is 20.0 Å². The summed E-state index contributed by atoms with van der Waals surface area (Å²) >= 11 is 0.928. The minimum absolute atomic E-state index is 0.0884. The maximum absolute atomic E-state index is 12.2. The first-order chi connectivity index (χ1) is 12.2. The van der Waals surface area contributed by atoms with Crippen molar-refractivity contribution >= 4 is 37.5 Å². The Bertz CT molecular complexity index is 1040. The van der Waals surface area contributed by atoms with E-state index in [-0.39, 0.29) is 15.5 Å². The Kier molecular flexibility index (Phi) is 5.99. The van der Waals surface area contributed by atoms with E-state index >= 15 is 0 Å². The molecule has 0 aromatic heterocycles. The van der Waals surface area contributed by atoms with Gasteiger partial charge < -0.3 is 4.74 Å². The molecule has 0 saturated heterocycles. The number of halogens is 3. The van der Waals surface area contributed by atoms with Gasteiger partial charge in [0.05, 0.1) is 16.8 Å². The Morgan fingerprint density at radius 2 is 1.63 bits per heavy atom. The highest BCUT2D eigenvalue weighted by Gasteiger charge is 2.31. The molecule has 0 bridgehead atoms. The topological polar surface area (TPSA) is 116 Å². The maximum atomic E-state index is 12.2. The van der Waals surface area contributed by atoms with Crippen molar-refractivity contribution in [2.75, 3.05) is 11.0 Å². The van der Waals surface area contributed by atoms with Gasteiger partial charge in [-0.2, -0.15) is 0 Å². The van der Waals surface area contributed by atoms with E-state index in [1.807, 2.05) is 0 Å². The number of rotatable bonds is 6. The van der Waals surface area contributed by atoms with Crippen molar-refractivity contribution in [1.29, 1.82) is 0 Å². The Morgan fingerprint density at radius 1 is 1.04 bits per heavy atom. The third kappa shape index (κ3) is 6.93. The average Bonchev–Trinajstić information content (AvgIpc) is 2.47. The summed E-state index contributed by atoms with van der Waals surface area (Å²) in [6.07, 6.45) is -3.91. The molecule has 0 aliphatic rings. The monoisotopic (exact) mass is 442 g/mol. The number of anilines is 1. The van der Waals surface area contributed by atoms with Gasteiger partial charge in [0.25, 0.3) is 0 Å². The summed E-state index contributed by atoms with van der Waals surface area (Å²) in [5, 5.41) is 5.08. The van der Waals surface area contributed by atoms with Crippen LogP contribution in [0.5, 0.6) is 5.75 Å². The van der Waals surface area contributed by atoms with Gasteiger partial charge in [0.1, 0.15) is 5.75 Å². The number of primary sulfonamides is 1. The highest BCUT2D eigenvalue weighted by molar-refractivity contribution is 7.99. The lowest BCUT2D eigenvalue weighted by Gasteiger charge is -2.13. The summed E-state index contributed by atoms with van der Waals surface area (Å²) in [7, 11) is -7.70. The van der Waals surface area contributed by atoms with E-state index in [2.05, 4.69) is 9.46 Å². The first-order valence-corrected chi connectivity index (χ1v) is 11.2. The number of hydrogen-bond donors (Lipinski definition) is 2. The second-order valence-corrected chi connectivity index (χ2v) is 9.62. The van der Waals surface area contributed by atoms with Crippen LogP contribution in [0.25, 0.3) is 0 Å². The highest BCUT2D eigenvalue weighted by atomic mass is 32.2. The molecule has 0 spiro atoms. The van der Waals surface area contributed by atoms with E-state index < -0.39 is 32.2 Å². The number of nitrogens with one attached hydrogen (secondary N) is 1. The summed E-state index contributed by atoms with van der Waals surface area (Å²) in [5.74, 6) is -0.431. The van der Waals surface area contributed by atoms with E-state index in [1.165, 1.54) is 18.2 Å². The van der Waals surface area contributed by atoms with Gasteiger partial charge in [0.15, 0.2) is 0 Å². The Morgan fingerprint density at radius 3 is 2.11 bits per heavy atom. The molecule has 0 radical (unpaired) electrons. The van der Waals surface area contributed by atoms with Gasteiger partial charge in [-0.05, 0) is 42.5 Å². The van der Waals surface area contributed by atoms with Gasteiger partial charge in [0.2, 0.25) is 20.0 Å². The first-order valence-electron chi connectivity index (χ1n) is 6.91. The fraction of sp³-hybridized carbons (Fsp3) is 0.143. The number of alkyl halides is 3. The number of benzene rings is 2. The predicted octanol–water partition coefficient (Wildman–Crippen LogP) is 2.76. The second-order valence-electron chi connectivity index (χ2n) is 5.20. The molecule has 2 rings (SSSR count). The fourth-order valence-corrected chi connectivity index (χ4v) is 4.08. The number of nitrogens with two attached hydrogens (primary N) is 1. The molecule has 2 aromatic rings. The van der Waals surface area contributed by atoms with Crippen LogP contribution in [0.3, 0.4) is 0 Å². The summed E-state index contributed by atoms with van der Waals surface area (Å²) in [4.78, 5) is 0.352. The van der Waals surface area contributed by atoms with Crippen molar-refractivity contribution in [2.24, 2.45) is 5.14 Å². The molecule has 7 nitrogen and oxygen atoms in total. The normalized spacial score (nSPS) is 12.6. The van der Waals surface area contributed by atoms with Crippen LogP contribution in [0.1, 0.15) is 0 Å². The molecule has 3 N–H and O–H groups in total. The lowest BCUT2D eigenvalue weighted by Crippen LogP contribution is -2.16. The molecule has 0 atom stereocenters. The Balaban J connectivity index is 2.37. The van der Waals surface area contributed by atoms with Crippen molar-refractivity contribution in [3.63, 3.8) is 0 Å². The van der Waals surface area contributed by atoms with E-state index in [9.17, 15) is 30.0 Å². The van der Waals surface area contributed by atoms with Crippen LogP contribution < -0.4 is 14.6 Å². The molecule has 0 heterocycles. The van der Waals surface area contributed by atoms with Crippen molar-refractivity contribution < 1.29 is 34.7 Å².